The van der Waals surface area contributed by atoms with E-state index in [1.54, 1.807) is 24.3 Å². The second kappa shape index (κ2) is 5.27. The Morgan fingerprint density at radius 2 is 1.84 bits per heavy atom. The van der Waals surface area contributed by atoms with Gasteiger partial charge in [-0.25, -0.2) is 8.78 Å². The average molecular weight is 283 g/mol. The quantitative estimate of drug-likeness (QED) is 0.900. The number of aliphatic hydroxyl groups is 1. The number of halogens is 3. The molecule has 2 aromatic rings. The molecule has 0 radical (unpaired) electrons. The van der Waals surface area contributed by atoms with Crippen molar-refractivity contribution in [2.75, 3.05) is 0 Å². The van der Waals surface area contributed by atoms with Crippen molar-refractivity contribution in [3.05, 3.63) is 70.2 Å². The lowest BCUT2D eigenvalue weighted by Gasteiger charge is -2.25. The summed E-state index contributed by atoms with van der Waals surface area (Å²) < 4.78 is 26.7. The molecule has 0 aliphatic carbocycles. The van der Waals surface area contributed by atoms with Crippen LogP contribution in [0.15, 0.2) is 42.5 Å². The van der Waals surface area contributed by atoms with Crippen LogP contribution in [0.3, 0.4) is 0 Å². The predicted octanol–water partition coefficient (Wildman–Crippen LogP) is 4.07. The summed E-state index contributed by atoms with van der Waals surface area (Å²) in [5.74, 6) is -1.08. The zero-order valence-electron chi connectivity index (χ0n) is 10.3. The molecule has 0 bridgehead atoms. The number of rotatable bonds is 3. The van der Waals surface area contributed by atoms with Gasteiger partial charge < -0.3 is 5.11 Å². The van der Waals surface area contributed by atoms with Gasteiger partial charge in [0.05, 0.1) is 5.60 Å². The summed E-state index contributed by atoms with van der Waals surface area (Å²) >= 11 is 6.02. The van der Waals surface area contributed by atoms with Gasteiger partial charge in [-0.15, -0.1) is 0 Å². The van der Waals surface area contributed by atoms with Crippen molar-refractivity contribution < 1.29 is 13.9 Å². The van der Waals surface area contributed by atoms with Crippen LogP contribution in [0.5, 0.6) is 0 Å². The summed E-state index contributed by atoms with van der Waals surface area (Å²) in [6.45, 7) is 1.53. The molecule has 0 fully saturated rings. The predicted molar refractivity (Wildman–Crippen MR) is 71.1 cm³/mol. The topological polar surface area (TPSA) is 20.2 Å². The Labute approximate surface area is 115 Å². The summed E-state index contributed by atoms with van der Waals surface area (Å²) in [6.07, 6.45) is -0.0552. The molecule has 19 heavy (non-hydrogen) atoms. The molecular weight excluding hydrogens is 270 g/mol. The third kappa shape index (κ3) is 3.11. The van der Waals surface area contributed by atoms with E-state index in [2.05, 4.69) is 0 Å². The van der Waals surface area contributed by atoms with Gasteiger partial charge in [0.15, 0.2) is 0 Å². The van der Waals surface area contributed by atoms with E-state index in [4.69, 9.17) is 11.6 Å². The lowest BCUT2D eigenvalue weighted by molar-refractivity contribution is 0.0567. The van der Waals surface area contributed by atoms with E-state index in [-0.39, 0.29) is 12.0 Å². The van der Waals surface area contributed by atoms with Gasteiger partial charge in [-0.2, -0.15) is 0 Å². The van der Waals surface area contributed by atoms with Crippen molar-refractivity contribution in [2.45, 2.75) is 18.9 Å². The normalized spacial score (nSPS) is 14.2. The first-order valence-corrected chi connectivity index (χ1v) is 6.19. The molecular formula is C15H13ClF2O. The molecule has 0 spiro atoms. The van der Waals surface area contributed by atoms with Crippen LogP contribution in [-0.4, -0.2) is 5.11 Å². The van der Waals surface area contributed by atoms with E-state index in [0.29, 0.717) is 10.6 Å². The van der Waals surface area contributed by atoms with Crippen LogP contribution in [0, 0.1) is 11.6 Å². The molecule has 100 valence electrons. The second-order valence-corrected chi connectivity index (χ2v) is 5.07. The largest absolute Gasteiger partial charge is 0.385 e. The Balaban J connectivity index is 2.36. The molecule has 1 N–H and O–H groups in total. The van der Waals surface area contributed by atoms with Crippen LogP contribution < -0.4 is 0 Å². The third-order valence-electron chi connectivity index (χ3n) is 3.00. The summed E-state index contributed by atoms with van der Waals surface area (Å²) in [4.78, 5) is 0. The van der Waals surface area contributed by atoms with Gasteiger partial charge >= 0.3 is 0 Å². The summed E-state index contributed by atoms with van der Waals surface area (Å²) in [7, 11) is 0. The zero-order chi connectivity index (χ0) is 14.0. The van der Waals surface area contributed by atoms with E-state index < -0.39 is 17.2 Å². The SMILES string of the molecule is CC(O)(Cc1cc(F)ccc1F)c1ccccc1Cl. The maximum absolute atomic E-state index is 13.6. The molecule has 4 heteroatoms. The van der Waals surface area contributed by atoms with Gasteiger partial charge in [-0.3, -0.25) is 0 Å². The fourth-order valence-electron chi connectivity index (χ4n) is 2.04. The zero-order valence-corrected chi connectivity index (χ0v) is 11.1. The van der Waals surface area contributed by atoms with Crippen LogP contribution in [-0.2, 0) is 12.0 Å². The Morgan fingerprint density at radius 1 is 1.16 bits per heavy atom. The molecule has 2 aromatic carbocycles. The highest BCUT2D eigenvalue weighted by Crippen LogP contribution is 2.31. The van der Waals surface area contributed by atoms with Crippen LogP contribution in [0.25, 0.3) is 0 Å². The van der Waals surface area contributed by atoms with Crippen molar-refractivity contribution in [3.8, 4) is 0 Å². The van der Waals surface area contributed by atoms with Gasteiger partial charge in [0.25, 0.3) is 0 Å². The maximum Gasteiger partial charge on any atom is 0.126 e. The van der Waals surface area contributed by atoms with Gasteiger partial charge in [0.2, 0.25) is 0 Å². The molecule has 0 aliphatic rings. The van der Waals surface area contributed by atoms with Crippen LogP contribution in [0.1, 0.15) is 18.1 Å². The minimum absolute atomic E-state index is 0.0552. The molecule has 1 nitrogen and oxygen atoms in total. The van der Waals surface area contributed by atoms with Gasteiger partial charge in [0.1, 0.15) is 11.6 Å². The lowest BCUT2D eigenvalue weighted by Crippen LogP contribution is -2.25. The number of benzene rings is 2. The number of hydrogen-bond acceptors (Lipinski definition) is 1. The minimum atomic E-state index is -1.37. The monoisotopic (exact) mass is 282 g/mol. The van der Waals surface area contributed by atoms with Crippen molar-refractivity contribution >= 4 is 11.6 Å². The first-order chi connectivity index (χ1) is 8.90. The lowest BCUT2D eigenvalue weighted by atomic mass is 9.89. The molecule has 1 atom stereocenters. The summed E-state index contributed by atoms with van der Waals surface area (Å²) in [5.41, 5.74) is -0.766. The van der Waals surface area contributed by atoms with Crippen molar-refractivity contribution in [3.63, 3.8) is 0 Å². The molecule has 1 unspecified atom stereocenters. The molecule has 0 aromatic heterocycles. The molecule has 0 amide bonds. The van der Waals surface area contributed by atoms with E-state index >= 15 is 0 Å². The van der Waals surface area contributed by atoms with E-state index in [9.17, 15) is 13.9 Å². The van der Waals surface area contributed by atoms with E-state index in [1.165, 1.54) is 6.92 Å². The van der Waals surface area contributed by atoms with Crippen LogP contribution in [0.2, 0.25) is 5.02 Å². The highest BCUT2D eigenvalue weighted by Gasteiger charge is 2.27. The fourth-order valence-corrected chi connectivity index (χ4v) is 2.38. The average Bonchev–Trinajstić information content (AvgIpc) is 2.34. The van der Waals surface area contributed by atoms with Gasteiger partial charge in [0, 0.05) is 17.0 Å². The summed E-state index contributed by atoms with van der Waals surface area (Å²) in [6, 6.07) is 9.96. The Bertz CT molecular complexity index is 596. The van der Waals surface area contributed by atoms with Crippen LogP contribution >= 0.6 is 11.6 Å². The van der Waals surface area contributed by atoms with E-state index in [0.717, 1.165) is 18.2 Å². The molecule has 0 saturated heterocycles. The fraction of sp³-hybridized carbons (Fsp3) is 0.200. The van der Waals surface area contributed by atoms with Gasteiger partial charge in [-0.05, 0) is 36.8 Å². The standard InChI is InChI=1S/C15H13ClF2O/c1-15(19,12-4-2-3-5-13(12)16)9-10-8-11(17)6-7-14(10)18/h2-8,19H,9H2,1H3. The first-order valence-electron chi connectivity index (χ1n) is 5.81. The Hall–Kier alpha value is -1.45. The van der Waals surface area contributed by atoms with E-state index in [1.807, 2.05) is 0 Å². The molecule has 0 saturated carbocycles. The highest BCUT2D eigenvalue weighted by molar-refractivity contribution is 6.31. The third-order valence-corrected chi connectivity index (χ3v) is 3.33. The molecule has 2 rings (SSSR count). The Kier molecular flexibility index (Phi) is 3.88. The minimum Gasteiger partial charge on any atom is -0.385 e. The van der Waals surface area contributed by atoms with Gasteiger partial charge in [-0.1, -0.05) is 29.8 Å². The van der Waals surface area contributed by atoms with Crippen molar-refractivity contribution in [1.82, 2.24) is 0 Å². The smallest absolute Gasteiger partial charge is 0.126 e. The number of hydrogen-bond donors (Lipinski definition) is 1. The first kappa shape index (κ1) is 14.0. The summed E-state index contributed by atoms with van der Waals surface area (Å²) in [5, 5.41) is 10.9. The van der Waals surface area contributed by atoms with Crippen LogP contribution in [0.4, 0.5) is 8.78 Å². The maximum atomic E-state index is 13.6. The van der Waals surface area contributed by atoms with Crippen molar-refractivity contribution in [2.24, 2.45) is 0 Å². The molecule has 0 heterocycles. The Morgan fingerprint density at radius 3 is 2.53 bits per heavy atom. The molecule has 0 aliphatic heterocycles. The van der Waals surface area contributed by atoms with Crippen molar-refractivity contribution in [1.29, 1.82) is 0 Å². The second-order valence-electron chi connectivity index (χ2n) is 4.67. The highest BCUT2D eigenvalue weighted by atomic mass is 35.5.